The van der Waals surface area contributed by atoms with Crippen LogP contribution in [0.4, 0.5) is 23.0 Å². The lowest BCUT2D eigenvalue weighted by Gasteiger charge is -2.11. The molecule has 142 valence electrons. The van der Waals surface area contributed by atoms with E-state index in [9.17, 15) is 9.59 Å². The number of anilines is 4. The maximum absolute atomic E-state index is 12.4. The minimum atomic E-state index is -0.314. The van der Waals surface area contributed by atoms with Gasteiger partial charge in [-0.1, -0.05) is 18.2 Å². The first-order chi connectivity index (χ1) is 13.4. The van der Waals surface area contributed by atoms with Gasteiger partial charge in [0, 0.05) is 36.4 Å². The Morgan fingerprint density at radius 3 is 1.89 bits per heavy atom. The Labute approximate surface area is 163 Å². The maximum Gasteiger partial charge on any atom is 0.258 e. The number of aryl methyl sites for hydroxylation is 2. The second-order valence-corrected chi connectivity index (χ2v) is 6.40. The van der Waals surface area contributed by atoms with Gasteiger partial charge in [0.15, 0.2) is 0 Å². The van der Waals surface area contributed by atoms with Gasteiger partial charge in [0.25, 0.3) is 5.91 Å². The van der Waals surface area contributed by atoms with Crippen molar-refractivity contribution in [2.45, 2.75) is 20.8 Å². The maximum atomic E-state index is 12.4. The first kappa shape index (κ1) is 19.0. The van der Waals surface area contributed by atoms with E-state index in [2.05, 4.69) is 25.9 Å². The van der Waals surface area contributed by atoms with Crippen LogP contribution in [0.1, 0.15) is 28.4 Å². The summed E-state index contributed by atoms with van der Waals surface area (Å²) in [7, 11) is 0. The largest absolute Gasteiger partial charge is 0.326 e. The van der Waals surface area contributed by atoms with Crippen molar-refractivity contribution in [2.24, 2.45) is 0 Å². The lowest BCUT2D eigenvalue weighted by molar-refractivity contribution is -0.114. The first-order valence-electron chi connectivity index (χ1n) is 8.76. The van der Waals surface area contributed by atoms with Crippen LogP contribution in [0, 0.1) is 13.8 Å². The molecule has 0 saturated heterocycles. The quantitative estimate of drug-likeness (QED) is 0.625. The summed E-state index contributed by atoms with van der Waals surface area (Å²) < 4.78 is 0. The average Bonchev–Trinajstić information content (AvgIpc) is 2.66. The van der Waals surface area contributed by atoms with Crippen LogP contribution in [0.3, 0.4) is 0 Å². The van der Waals surface area contributed by atoms with Gasteiger partial charge in [-0.05, 0) is 49.2 Å². The molecule has 3 aromatic rings. The van der Waals surface area contributed by atoms with Crippen molar-refractivity contribution in [3.63, 3.8) is 0 Å². The molecule has 0 atom stereocenters. The summed E-state index contributed by atoms with van der Waals surface area (Å²) >= 11 is 0. The number of nitrogens with one attached hydrogen (secondary N) is 3. The monoisotopic (exact) mass is 375 g/mol. The summed E-state index contributed by atoms with van der Waals surface area (Å²) in [6, 6.07) is 12.9. The average molecular weight is 375 g/mol. The van der Waals surface area contributed by atoms with Gasteiger partial charge in [-0.2, -0.15) is 0 Å². The van der Waals surface area contributed by atoms with Crippen molar-refractivity contribution in [3.8, 4) is 0 Å². The fourth-order valence-electron chi connectivity index (χ4n) is 2.68. The molecule has 0 aliphatic carbocycles. The highest BCUT2D eigenvalue weighted by Crippen LogP contribution is 2.22. The zero-order valence-corrected chi connectivity index (χ0v) is 15.9. The molecule has 0 spiro atoms. The van der Waals surface area contributed by atoms with Gasteiger partial charge in [-0.3, -0.25) is 9.59 Å². The Kier molecular flexibility index (Phi) is 5.64. The molecular formula is C21H21N5O2. The highest BCUT2D eigenvalue weighted by Gasteiger charge is 2.09. The normalized spacial score (nSPS) is 10.2. The van der Waals surface area contributed by atoms with Crippen molar-refractivity contribution < 1.29 is 9.59 Å². The summed E-state index contributed by atoms with van der Waals surface area (Å²) in [5.74, 6) is -0.0389. The van der Waals surface area contributed by atoms with Crippen LogP contribution in [0.25, 0.3) is 0 Å². The van der Waals surface area contributed by atoms with Gasteiger partial charge in [0.2, 0.25) is 11.9 Å². The van der Waals surface area contributed by atoms with E-state index in [1.807, 2.05) is 32.0 Å². The Morgan fingerprint density at radius 2 is 1.36 bits per heavy atom. The number of para-hydroxylation sites is 1. The number of rotatable bonds is 5. The fraction of sp³-hybridized carbons (Fsp3) is 0.143. The molecule has 2 amide bonds. The zero-order chi connectivity index (χ0) is 20.1. The summed E-state index contributed by atoms with van der Waals surface area (Å²) in [4.78, 5) is 31.9. The smallest absolute Gasteiger partial charge is 0.258 e. The third kappa shape index (κ3) is 4.70. The summed E-state index contributed by atoms with van der Waals surface area (Å²) in [6.45, 7) is 5.46. The van der Waals surface area contributed by atoms with E-state index in [1.54, 1.807) is 24.3 Å². The molecule has 7 heteroatoms. The van der Waals surface area contributed by atoms with E-state index in [0.29, 0.717) is 22.9 Å². The Morgan fingerprint density at radius 1 is 0.821 bits per heavy atom. The van der Waals surface area contributed by atoms with Crippen molar-refractivity contribution >= 4 is 34.8 Å². The summed E-state index contributed by atoms with van der Waals surface area (Å²) in [5, 5.41) is 8.64. The number of hydrogen-bond acceptors (Lipinski definition) is 5. The predicted octanol–water partition coefficient (Wildman–Crippen LogP) is 4.05. The van der Waals surface area contributed by atoms with E-state index in [-0.39, 0.29) is 11.8 Å². The highest BCUT2D eigenvalue weighted by molar-refractivity contribution is 6.04. The van der Waals surface area contributed by atoms with Crippen LogP contribution in [0.5, 0.6) is 0 Å². The molecule has 1 heterocycles. The number of amides is 2. The Bertz CT molecular complexity index is 978. The molecule has 28 heavy (non-hydrogen) atoms. The molecule has 0 unspecified atom stereocenters. The summed E-state index contributed by atoms with van der Waals surface area (Å²) in [6.07, 6.45) is 2.95. The minimum absolute atomic E-state index is 0.150. The highest BCUT2D eigenvalue weighted by atomic mass is 16.2. The molecule has 0 bridgehead atoms. The molecule has 2 aromatic carbocycles. The molecular weight excluding hydrogens is 354 g/mol. The third-order valence-electron chi connectivity index (χ3n) is 4.10. The van der Waals surface area contributed by atoms with E-state index in [0.717, 1.165) is 16.8 Å². The van der Waals surface area contributed by atoms with Crippen molar-refractivity contribution in [1.29, 1.82) is 0 Å². The van der Waals surface area contributed by atoms with E-state index in [4.69, 9.17) is 0 Å². The van der Waals surface area contributed by atoms with Crippen molar-refractivity contribution in [2.75, 3.05) is 16.0 Å². The first-order valence-corrected chi connectivity index (χ1v) is 8.76. The van der Waals surface area contributed by atoms with E-state index in [1.165, 1.54) is 19.3 Å². The number of aromatic nitrogens is 2. The topological polar surface area (TPSA) is 96.0 Å². The second-order valence-electron chi connectivity index (χ2n) is 6.40. The van der Waals surface area contributed by atoms with Gasteiger partial charge in [-0.25, -0.2) is 9.97 Å². The van der Waals surface area contributed by atoms with Gasteiger partial charge >= 0.3 is 0 Å². The summed E-state index contributed by atoms with van der Waals surface area (Å²) in [5.41, 5.74) is 4.76. The van der Waals surface area contributed by atoms with Crippen LogP contribution in [-0.4, -0.2) is 21.8 Å². The third-order valence-corrected chi connectivity index (χ3v) is 4.10. The number of carbonyl (C=O) groups is 2. The molecule has 0 saturated carbocycles. The van der Waals surface area contributed by atoms with Gasteiger partial charge in [0.1, 0.15) is 0 Å². The molecule has 0 aliphatic rings. The van der Waals surface area contributed by atoms with Gasteiger partial charge in [0.05, 0.1) is 5.56 Å². The van der Waals surface area contributed by atoms with E-state index >= 15 is 0 Å². The lowest BCUT2D eigenvalue weighted by Crippen LogP contribution is -2.13. The fourth-order valence-corrected chi connectivity index (χ4v) is 2.68. The Balaban J connectivity index is 1.66. The molecule has 3 N–H and O–H groups in total. The zero-order valence-electron chi connectivity index (χ0n) is 15.9. The molecule has 0 fully saturated rings. The number of benzene rings is 2. The molecule has 0 radical (unpaired) electrons. The minimum Gasteiger partial charge on any atom is -0.326 e. The number of nitrogens with zero attached hydrogens (tertiary/aromatic N) is 2. The number of carbonyl (C=O) groups excluding carboxylic acids is 2. The Hall–Kier alpha value is -3.74. The second kappa shape index (κ2) is 8.30. The van der Waals surface area contributed by atoms with E-state index < -0.39 is 0 Å². The molecule has 7 nitrogen and oxygen atoms in total. The predicted molar refractivity (Wildman–Crippen MR) is 110 cm³/mol. The van der Waals surface area contributed by atoms with Crippen LogP contribution in [-0.2, 0) is 4.79 Å². The van der Waals surface area contributed by atoms with Crippen LogP contribution < -0.4 is 16.0 Å². The van der Waals surface area contributed by atoms with Crippen LogP contribution in [0.15, 0.2) is 54.9 Å². The molecule has 1 aromatic heterocycles. The van der Waals surface area contributed by atoms with Crippen molar-refractivity contribution in [1.82, 2.24) is 9.97 Å². The molecule has 3 rings (SSSR count). The SMILES string of the molecule is CC(=O)Nc1ccc(NC(=O)c2cnc(Nc3c(C)cccc3C)nc2)cc1. The number of hydrogen-bond donors (Lipinski definition) is 3. The van der Waals surface area contributed by atoms with Gasteiger partial charge in [-0.15, -0.1) is 0 Å². The lowest BCUT2D eigenvalue weighted by atomic mass is 10.1. The van der Waals surface area contributed by atoms with Crippen LogP contribution in [0.2, 0.25) is 0 Å². The standard InChI is InChI=1S/C21H21N5O2/c1-13-5-4-6-14(2)19(13)26-21-22-11-16(12-23-21)20(28)25-18-9-7-17(8-10-18)24-15(3)27/h4-12H,1-3H3,(H,24,27)(H,25,28)(H,22,23,26). The van der Waals surface area contributed by atoms with Crippen molar-refractivity contribution in [3.05, 3.63) is 71.5 Å². The van der Waals surface area contributed by atoms with Crippen LogP contribution >= 0.6 is 0 Å². The van der Waals surface area contributed by atoms with Gasteiger partial charge < -0.3 is 16.0 Å². The molecule has 0 aliphatic heterocycles.